The van der Waals surface area contributed by atoms with Crippen molar-refractivity contribution in [2.45, 2.75) is 118 Å². The van der Waals surface area contributed by atoms with Crippen LogP contribution in [0.3, 0.4) is 0 Å². The molecule has 0 aliphatic carbocycles. The highest BCUT2D eigenvalue weighted by Gasteiger charge is 2.13. The molecule has 2 rings (SSSR count). The molecule has 0 aromatic heterocycles. The van der Waals surface area contributed by atoms with E-state index in [1.54, 1.807) is 5.56 Å². The van der Waals surface area contributed by atoms with Crippen LogP contribution in [-0.2, 0) is 38.5 Å². The summed E-state index contributed by atoms with van der Waals surface area (Å²) in [7, 11) is 0. The SMILES string of the molecule is CCCCCCCCC([CH]Cc1cc(CC)cc(CC)c1)Cc1cc(CC)cc(CC)c1. The molecule has 0 aliphatic rings. The molecule has 1 unspecified atom stereocenters. The van der Waals surface area contributed by atoms with E-state index in [0.717, 1.165) is 32.1 Å². The van der Waals surface area contributed by atoms with Gasteiger partial charge in [-0.2, -0.15) is 0 Å². The summed E-state index contributed by atoms with van der Waals surface area (Å²) in [6, 6.07) is 14.6. The molecule has 32 heavy (non-hydrogen) atoms. The normalized spacial score (nSPS) is 12.3. The second kappa shape index (κ2) is 15.3. The third-order valence-corrected chi connectivity index (χ3v) is 6.97. The first-order chi connectivity index (χ1) is 15.6. The van der Waals surface area contributed by atoms with Crippen molar-refractivity contribution in [2.24, 2.45) is 5.92 Å². The summed E-state index contributed by atoms with van der Waals surface area (Å²) in [4.78, 5) is 0. The predicted molar refractivity (Wildman–Crippen MR) is 144 cm³/mol. The van der Waals surface area contributed by atoms with Gasteiger partial charge in [0, 0.05) is 0 Å². The van der Waals surface area contributed by atoms with Crippen LogP contribution in [0.15, 0.2) is 36.4 Å². The van der Waals surface area contributed by atoms with Gasteiger partial charge in [0.2, 0.25) is 0 Å². The molecule has 1 atom stereocenters. The molecular formula is C32H49. The lowest BCUT2D eigenvalue weighted by Gasteiger charge is -2.19. The van der Waals surface area contributed by atoms with Crippen molar-refractivity contribution in [2.75, 3.05) is 0 Å². The largest absolute Gasteiger partial charge is 0.0654 e. The highest BCUT2D eigenvalue weighted by Crippen LogP contribution is 2.24. The van der Waals surface area contributed by atoms with E-state index in [2.05, 4.69) is 77.4 Å². The Kier molecular flexibility index (Phi) is 12.8. The maximum Gasteiger partial charge on any atom is -0.0245 e. The Labute approximate surface area is 200 Å². The minimum atomic E-state index is 0.674. The van der Waals surface area contributed by atoms with Gasteiger partial charge in [-0.1, -0.05) is 110 Å². The topological polar surface area (TPSA) is 0 Å². The zero-order chi connectivity index (χ0) is 23.2. The van der Waals surface area contributed by atoms with Crippen molar-refractivity contribution < 1.29 is 0 Å². The highest BCUT2D eigenvalue weighted by atomic mass is 14.2. The van der Waals surface area contributed by atoms with Crippen LogP contribution in [-0.4, -0.2) is 0 Å². The summed E-state index contributed by atoms with van der Waals surface area (Å²) in [5, 5.41) is 0. The zero-order valence-corrected chi connectivity index (χ0v) is 21.8. The van der Waals surface area contributed by atoms with Crippen LogP contribution < -0.4 is 0 Å². The van der Waals surface area contributed by atoms with Gasteiger partial charge in [0.25, 0.3) is 0 Å². The first-order valence-electron chi connectivity index (χ1n) is 13.7. The summed E-state index contributed by atoms with van der Waals surface area (Å²) in [5.74, 6) is 0.674. The van der Waals surface area contributed by atoms with E-state index in [1.165, 1.54) is 79.2 Å². The van der Waals surface area contributed by atoms with E-state index in [1.807, 2.05) is 0 Å². The molecule has 0 saturated heterocycles. The van der Waals surface area contributed by atoms with Gasteiger partial charge in [-0.3, -0.25) is 0 Å². The van der Waals surface area contributed by atoms with Crippen molar-refractivity contribution in [3.8, 4) is 0 Å². The Hall–Kier alpha value is -1.56. The number of aryl methyl sites for hydroxylation is 4. The lowest BCUT2D eigenvalue weighted by Crippen LogP contribution is -2.09. The lowest BCUT2D eigenvalue weighted by molar-refractivity contribution is 0.488. The molecule has 2 aromatic rings. The van der Waals surface area contributed by atoms with Gasteiger partial charge < -0.3 is 0 Å². The Bertz CT molecular complexity index is 725. The molecule has 1 radical (unpaired) electrons. The maximum atomic E-state index is 2.64. The average Bonchev–Trinajstić information content (AvgIpc) is 2.83. The first-order valence-corrected chi connectivity index (χ1v) is 13.7. The number of hydrogen-bond donors (Lipinski definition) is 0. The van der Waals surface area contributed by atoms with Gasteiger partial charge in [0.1, 0.15) is 0 Å². The molecule has 2 aromatic carbocycles. The van der Waals surface area contributed by atoms with E-state index in [9.17, 15) is 0 Å². The molecule has 0 bridgehead atoms. The molecule has 0 nitrogen and oxygen atoms in total. The third-order valence-electron chi connectivity index (χ3n) is 6.97. The van der Waals surface area contributed by atoms with Gasteiger partial charge in [0.15, 0.2) is 0 Å². The Morgan fingerprint density at radius 1 is 0.531 bits per heavy atom. The van der Waals surface area contributed by atoms with Gasteiger partial charge in [-0.15, -0.1) is 0 Å². The fourth-order valence-corrected chi connectivity index (χ4v) is 4.83. The van der Waals surface area contributed by atoms with Crippen LogP contribution in [0.4, 0.5) is 0 Å². The Balaban J connectivity index is 2.07. The highest BCUT2D eigenvalue weighted by molar-refractivity contribution is 5.33. The quantitative estimate of drug-likeness (QED) is 0.231. The van der Waals surface area contributed by atoms with Crippen molar-refractivity contribution in [1.82, 2.24) is 0 Å². The van der Waals surface area contributed by atoms with Crippen LogP contribution in [0.1, 0.15) is 113 Å². The van der Waals surface area contributed by atoms with Gasteiger partial charge in [0.05, 0.1) is 0 Å². The molecule has 177 valence electrons. The number of rotatable bonds is 16. The summed E-state index contributed by atoms with van der Waals surface area (Å²) < 4.78 is 0. The van der Waals surface area contributed by atoms with Crippen LogP contribution in [0.5, 0.6) is 0 Å². The Morgan fingerprint density at radius 3 is 1.47 bits per heavy atom. The molecule has 0 heteroatoms. The van der Waals surface area contributed by atoms with Gasteiger partial charge >= 0.3 is 0 Å². The molecule has 0 saturated carbocycles. The van der Waals surface area contributed by atoms with Gasteiger partial charge in [-0.25, -0.2) is 0 Å². The first kappa shape index (κ1) is 26.7. The summed E-state index contributed by atoms with van der Waals surface area (Å²) in [6.45, 7) is 11.4. The molecule has 0 fully saturated rings. The second-order valence-corrected chi connectivity index (χ2v) is 9.69. The fraction of sp³-hybridized carbons (Fsp3) is 0.594. The molecule has 0 amide bonds. The van der Waals surface area contributed by atoms with Crippen LogP contribution in [0, 0.1) is 12.3 Å². The second-order valence-electron chi connectivity index (χ2n) is 9.69. The van der Waals surface area contributed by atoms with Gasteiger partial charge in [-0.05, 0) is 90.7 Å². The standard InChI is InChI=1S/C32H49/c1-6-11-12-13-14-15-16-30(25-32-23-28(9-4)20-29(10-5)24-32)17-18-31-21-26(7-2)19-27(8-3)22-31/h17,19-24,30H,6-16,18,25H2,1-5H3. The molecule has 0 spiro atoms. The van der Waals surface area contributed by atoms with Crippen molar-refractivity contribution in [3.63, 3.8) is 0 Å². The minimum absolute atomic E-state index is 0.674. The van der Waals surface area contributed by atoms with Crippen LogP contribution in [0.2, 0.25) is 0 Å². The minimum Gasteiger partial charge on any atom is -0.0654 e. The van der Waals surface area contributed by atoms with E-state index < -0.39 is 0 Å². The van der Waals surface area contributed by atoms with E-state index in [4.69, 9.17) is 0 Å². The summed E-state index contributed by atoms with van der Waals surface area (Å²) in [6.07, 6.45) is 19.1. The van der Waals surface area contributed by atoms with Crippen molar-refractivity contribution in [1.29, 1.82) is 0 Å². The van der Waals surface area contributed by atoms with E-state index >= 15 is 0 Å². The average molecular weight is 434 g/mol. The maximum absolute atomic E-state index is 2.64. The number of benzene rings is 2. The molecule has 0 heterocycles. The van der Waals surface area contributed by atoms with Crippen LogP contribution >= 0.6 is 0 Å². The van der Waals surface area contributed by atoms with E-state index in [-0.39, 0.29) is 0 Å². The van der Waals surface area contributed by atoms with Crippen molar-refractivity contribution >= 4 is 0 Å². The summed E-state index contributed by atoms with van der Waals surface area (Å²) in [5.41, 5.74) is 9.03. The summed E-state index contributed by atoms with van der Waals surface area (Å²) >= 11 is 0. The molecular weight excluding hydrogens is 384 g/mol. The fourth-order valence-electron chi connectivity index (χ4n) is 4.83. The molecule has 0 N–H and O–H groups in total. The lowest BCUT2D eigenvalue weighted by atomic mass is 9.86. The monoisotopic (exact) mass is 433 g/mol. The molecule has 0 aliphatic heterocycles. The third kappa shape index (κ3) is 9.51. The van der Waals surface area contributed by atoms with Crippen LogP contribution in [0.25, 0.3) is 0 Å². The Morgan fingerprint density at radius 2 is 0.969 bits per heavy atom. The van der Waals surface area contributed by atoms with Crippen molar-refractivity contribution in [3.05, 3.63) is 76.2 Å². The zero-order valence-electron chi connectivity index (χ0n) is 21.8. The van der Waals surface area contributed by atoms with E-state index in [0.29, 0.717) is 5.92 Å². The number of unbranched alkanes of at least 4 members (excludes halogenated alkanes) is 5. The predicted octanol–water partition coefficient (Wildman–Crippen LogP) is 9.29. The number of hydrogen-bond acceptors (Lipinski definition) is 0. The smallest absolute Gasteiger partial charge is 0.0245 e.